The molecule has 18 rings (SSSR count). The summed E-state index contributed by atoms with van der Waals surface area (Å²) < 4.78 is 9.17. The first-order chi connectivity index (χ1) is 27.6. The van der Waals surface area contributed by atoms with Gasteiger partial charge >= 0.3 is 6.98 Å². The lowest BCUT2D eigenvalue weighted by molar-refractivity contribution is 0.163. The van der Waals surface area contributed by atoms with Crippen LogP contribution in [0.5, 0.6) is 0 Å². The maximum atomic E-state index is 15.7. The predicted molar refractivity (Wildman–Crippen MR) is 217 cm³/mol. The first-order valence-electron chi connectivity index (χ1n) is 21.8. The van der Waals surface area contributed by atoms with Gasteiger partial charge in [-0.25, -0.2) is 0 Å². The van der Waals surface area contributed by atoms with Crippen molar-refractivity contribution < 1.29 is 0 Å². The van der Waals surface area contributed by atoms with Gasteiger partial charge in [-0.2, -0.15) is 0 Å². The topological polar surface area (TPSA) is 53.9 Å². The van der Waals surface area contributed by atoms with Crippen molar-refractivity contribution in [3.63, 3.8) is 0 Å². The molecule has 56 heavy (non-hydrogen) atoms. The van der Waals surface area contributed by atoms with Gasteiger partial charge in [0.15, 0.2) is 0 Å². The summed E-state index contributed by atoms with van der Waals surface area (Å²) in [6.07, 6.45) is 12.0. The molecule has 4 unspecified atom stereocenters. The van der Waals surface area contributed by atoms with Gasteiger partial charge in [-0.3, -0.25) is 28.1 Å². The molecule has 4 atom stereocenters. The van der Waals surface area contributed by atoms with Crippen LogP contribution in [0.15, 0.2) is 88.5 Å². The van der Waals surface area contributed by atoms with Gasteiger partial charge in [0.25, 0.3) is 11.1 Å². The van der Waals surface area contributed by atoms with Crippen molar-refractivity contribution in [1.29, 1.82) is 0 Å². The molecule has 0 saturated heterocycles. The highest BCUT2D eigenvalue weighted by Crippen LogP contribution is 2.66. The monoisotopic (exact) mass is 728 g/mol. The summed E-state index contributed by atoms with van der Waals surface area (Å²) in [7, 11) is 0. The van der Waals surface area contributed by atoms with Gasteiger partial charge < -0.3 is 0 Å². The largest absolute Gasteiger partial charge is 0.462 e. The van der Waals surface area contributed by atoms with Crippen LogP contribution in [0.4, 0.5) is 0 Å². The quantitative estimate of drug-likeness (QED) is 0.148. The zero-order chi connectivity index (χ0) is 36.1. The Labute approximate surface area is 324 Å². The Morgan fingerprint density at radius 2 is 0.929 bits per heavy atom. The molecular formula is C49H41BN4O2. The van der Waals surface area contributed by atoms with E-state index in [1.807, 2.05) is 0 Å². The van der Waals surface area contributed by atoms with E-state index >= 15 is 9.59 Å². The number of hydrogen-bond donors (Lipinski definition) is 0. The lowest BCUT2D eigenvalue weighted by Crippen LogP contribution is -2.49. The third kappa shape index (κ3) is 2.93. The van der Waals surface area contributed by atoms with Crippen molar-refractivity contribution in [2.45, 2.75) is 93.3 Å². The second-order valence-corrected chi connectivity index (χ2v) is 20.0. The lowest BCUT2D eigenvalue weighted by atomic mass is 9.64. The van der Waals surface area contributed by atoms with Crippen LogP contribution in [0, 0.1) is 23.7 Å². The maximum absolute atomic E-state index is 15.7. The van der Waals surface area contributed by atoms with Gasteiger partial charge in [0.05, 0.1) is 28.2 Å². The Hall–Kier alpha value is -5.04. The second-order valence-electron chi connectivity index (χ2n) is 20.0. The van der Waals surface area contributed by atoms with Crippen molar-refractivity contribution >= 4 is 12.4 Å². The fraction of sp³-hybridized carbons (Fsp3) is 0.388. The van der Waals surface area contributed by atoms with E-state index in [1.54, 1.807) is 0 Å². The Morgan fingerprint density at radius 1 is 0.500 bits per heavy atom. The molecule has 4 aromatic carbocycles. The minimum absolute atomic E-state index is 0.175. The summed E-state index contributed by atoms with van der Waals surface area (Å²) >= 11 is 0. The van der Waals surface area contributed by atoms with Gasteiger partial charge in [-0.15, -0.1) is 0 Å². The number of benzene rings is 4. The molecule has 7 heteroatoms. The van der Waals surface area contributed by atoms with Crippen LogP contribution in [0.3, 0.4) is 0 Å². The van der Waals surface area contributed by atoms with Gasteiger partial charge in [0, 0.05) is 34.0 Å². The summed E-state index contributed by atoms with van der Waals surface area (Å²) in [6, 6.07) is 29.9. The Kier molecular flexibility index (Phi) is 4.82. The summed E-state index contributed by atoms with van der Waals surface area (Å²) in [5, 5.41) is 0. The minimum Gasteiger partial charge on any atom is -0.269 e. The van der Waals surface area contributed by atoms with E-state index in [9.17, 15) is 0 Å². The van der Waals surface area contributed by atoms with Gasteiger partial charge in [0.1, 0.15) is 0 Å². The number of rotatable bonds is 0. The van der Waals surface area contributed by atoms with Crippen LogP contribution >= 0.6 is 0 Å². The van der Waals surface area contributed by atoms with Crippen LogP contribution in [0.2, 0.25) is 0 Å². The molecule has 4 fully saturated rings. The first kappa shape index (κ1) is 29.2. The maximum Gasteiger partial charge on any atom is 0.462 e. The average molecular weight is 729 g/mol. The van der Waals surface area contributed by atoms with Gasteiger partial charge in [0.2, 0.25) is 0 Å². The molecule has 1 spiro atoms. The minimum atomic E-state index is -0.546. The zero-order valence-corrected chi connectivity index (χ0v) is 31.4. The molecule has 4 heterocycles. The number of fused-ring (bicyclic) bond motifs is 17. The summed E-state index contributed by atoms with van der Waals surface area (Å²) in [4.78, 5) is 31.2. The van der Waals surface area contributed by atoms with Gasteiger partial charge in [-0.1, -0.05) is 72.8 Å². The molecule has 8 bridgehead atoms. The van der Waals surface area contributed by atoms with E-state index in [1.165, 1.54) is 106 Å². The number of hydrogen-bond acceptors (Lipinski definition) is 2. The predicted octanol–water partition coefficient (Wildman–Crippen LogP) is 8.14. The van der Waals surface area contributed by atoms with Crippen LogP contribution in [-0.4, -0.2) is 25.5 Å². The van der Waals surface area contributed by atoms with Crippen LogP contribution < -0.4 is 16.6 Å². The second kappa shape index (κ2) is 9.22. The smallest absolute Gasteiger partial charge is 0.269 e. The fourth-order valence-corrected chi connectivity index (χ4v) is 16.4. The Balaban J connectivity index is 1.10. The van der Waals surface area contributed by atoms with E-state index in [0.717, 1.165) is 54.3 Å². The SMILES string of the molecule is O=c1c2c(n3n1B1c4c-3cc3c(c4-n4c5c(c(=O)n41)C1CC4CC(C1)CC5C4)C1(c4ccccc4-c4ccccc41)c1ccccc1-3)C1CC3CC(CC2C3)C1. The highest BCUT2D eigenvalue weighted by molar-refractivity contribution is 6.74. The molecule has 4 saturated carbocycles. The van der Waals surface area contributed by atoms with E-state index in [-0.39, 0.29) is 11.1 Å². The van der Waals surface area contributed by atoms with Crippen LogP contribution in [0.25, 0.3) is 33.6 Å². The fourth-order valence-electron chi connectivity index (χ4n) is 16.4. The third-order valence-corrected chi connectivity index (χ3v) is 17.6. The Morgan fingerprint density at radius 3 is 1.45 bits per heavy atom. The van der Waals surface area contributed by atoms with Crippen molar-refractivity contribution in [3.8, 4) is 33.6 Å². The van der Waals surface area contributed by atoms with E-state index in [4.69, 9.17) is 0 Å². The molecule has 10 aliphatic carbocycles. The number of aromatic nitrogens is 4. The summed E-state index contributed by atoms with van der Waals surface area (Å²) in [5.74, 6) is 4.27. The molecule has 2 aromatic heterocycles. The highest BCUT2D eigenvalue weighted by Gasteiger charge is 2.61. The number of nitrogens with zero attached hydrogens (tertiary/aromatic N) is 4. The lowest BCUT2D eigenvalue weighted by Gasteiger charge is -2.39. The molecule has 2 aliphatic heterocycles. The summed E-state index contributed by atoms with van der Waals surface area (Å²) in [5.41, 5.74) is 18.6. The Bertz CT molecular complexity index is 2960. The standard InChI is InChI=1S/C49H41BN4O2/c55-47-40-28-15-24-13-25(16-28)20-30(19-24)44(40)51-39-23-35-34-9-3-6-12-38(34)49(36-10-4-1-7-32(36)33-8-2-5-11-37(33)49)42(35)46-43(39)50(53(47)51)54-48(56)41-29-17-26-14-27(18-29)22-31(21-26)45(41)52(46)54/h1-12,23-31H,13-22H2. The van der Waals surface area contributed by atoms with E-state index in [0.29, 0.717) is 35.5 Å². The first-order valence-corrected chi connectivity index (χ1v) is 21.8. The molecule has 6 aromatic rings. The van der Waals surface area contributed by atoms with E-state index < -0.39 is 12.4 Å². The molecule has 12 aliphatic rings. The summed E-state index contributed by atoms with van der Waals surface area (Å²) in [6.45, 7) is -0.470. The van der Waals surface area contributed by atoms with Crippen molar-refractivity contribution in [2.75, 3.05) is 0 Å². The third-order valence-electron chi connectivity index (χ3n) is 17.6. The van der Waals surface area contributed by atoms with Crippen LogP contribution in [0.1, 0.15) is 133 Å². The van der Waals surface area contributed by atoms with Crippen molar-refractivity contribution in [2.24, 2.45) is 23.7 Å². The molecule has 0 radical (unpaired) electrons. The highest BCUT2D eigenvalue weighted by atomic mass is 16.1. The van der Waals surface area contributed by atoms with E-state index in [2.05, 4.69) is 97.4 Å². The van der Waals surface area contributed by atoms with Gasteiger partial charge in [-0.05, 0) is 145 Å². The average Bonchev–Trinajstić information content (AvgIpc) is 3.97. The zero-order valence-electron chi connectivity index (χ0n) is 31.4. The molecule has 272 valence electrons. The van der Waals surface area contributed by atoms with Crippen LogP contribution in [-0.2, 0) is 5.41 Å². The molecule has 0 amide bonds. The van der Waals surface area contributed by atoms with Crippen molar-refractivity contribution in [3.05, 3.63) is 144 Å². The molecular weight excluding hydrogens is 687 g/mol. The molecule has 6 nitrogen and oxygen atoms in total. The molecule has 0 N–H and O–H groups in total. The normalized spacial score (nSPS) is 30.8. The van der Waals surface area contributed by atoms with Crippen molar-refractivity contribution in [1.82, 2.24) is 18.5 Å².